The van der Waals surface area contributed by atoms with Crippen LogP contribution in [0.15, 0.2) is 45.7 Å². The lowest BCUT2D eigenvalue weighted by Crippen LogP contribution is -2.42. The Hall–Kier alpha value is -3.33. The molecule has 0 saturated carbocycles. The summed E-state index contributed by atoms with van der Waals surface area (Å²) in [5, 5.41) is 8.51. The minimum atomic E-state index is -1.05. The number of thioether (sulfide) groups is 1. The first-order chi connectivity index (χ1) is 13.3. The van der Waals surface area contributed by atoms with Crippen molar-refractivity contribution >= 4 is 40.9 Å². The highest BCUT2D eigenvalue weighted by Crippen LogP contribution is 2.34. The van der Waals surface area contributed by atoms with E-state index in [0.29, 0.717) is 28.8 Å². The number of methoxy groups -OCH3 is 1. The van der Waals surface area contributed by atoms with E-state index in [1.54, 1.807) is 24.3 Å². The van der Waals surface area contributed by atoms with E-state index in [2.05, 4.69) is 4.74 Å². The number of carboxylic acid groups (broad SMARTS) is 1. The van der Waals surface area contributed by atoms with Crippen molar-refractivity contribution in [2.75, 3.05) is 7.11 Å². The van der Waals surface area contributed by atoms with Gasteiger partial charge in [0.15, 0.2) is 0 Å². The van der Waals surface area contributed by atoms with Gasteiger partial charge in [-0.2, -0.15) is 0 Å². The van der Waals surface area contributed by atoms with Crippen molar-refractivity contribution in [3.63, 3.8) is 0 Å². The molecule has 1 atom stereocenters. The second-order valence-electron chi connectivity index (χ2n) is 5.84. The molecule has 9 heteroatoms. The van der Waals surface area contributed by atoms with Crippen LogP contribution in [0.3, 0.4) is 0 Å². The van der Waals surface area contributed by atoms with Crippen LogP contribution in [0.2, 0.25) is 0 Å². The van der Waals surface area contributed by atoms with E-state index in [1.807, 2.05) is 0 Å². The maximum absolute atomic E-state index is 12.5. The molecule has 2 amide bonds. The molecule has 8 nitrogen and oxygen atoms in total. The van der Waals surface area contributed by atoms with Gasteiger partial charge in [0.2, 0.25) is 0 Å². The first-order valence-corrected chi connectivity index (χ1v) is 8.92. The molecule has 1 N–H and O–H groups in total. The minimum absolute atomic E-state index is 0.112. The van der Waals surface area contributed by atoms with Crippen molar-refractivity contribution < 1.29 is 33.4 Å². The molecule has 0 aliphatic carbocycles. The first-order valence-electron chi connectivity index (χ1n) is 8.10. The molecular weight excluding hydrogens is 386 g/mol. The van der Waals surface area contributed by atoms with E-state index in [0.717, 1.165) is 4.90 Å². The predicted molar refractivity (Wildman–Crippen MR) is 100 cm³/mol. The lowest BCUT2D eigenvalue weighted by molar-refractivity contribution is -0.148. The van der Waals surface area contributed by atoms with E-state index in [4.69, 9.17) is 9.52 Å². The molecule has 1 aromatic carbocycles. The van der Waals surface area contributed by atoms with Crippen molar-refractivity contribution in [2.45, 2.75) is 13.0 Å². The van der Waals surface area contributed by atoms with Crippen LogP contribution < -0.4 is 0 Å². The Kier molecular flexibility index (Phi) is 5.36. The van der Waals surface area contributed by atoms with E-state index < -0.39 is 29.1 Å². The summed E-state index contributed by atoms with van der Waals surface area (Å²) in [5.41, 5.74) is 0.681. The fourth-order valence-corrected chi connectivity index (χ4v) is 3.50. The van der Waals surface area contributed by atoms with Crippen molar-refractivity contribution in [1.82, 2.24) is 4.90 Å². The summed E-state index contributed by atoms with van der Waals surface area (Å²) in [4.78, 5) is 48.3. The van der Waals surface area contributed by atoms with Crippen molar-refractivity contribution in [1.29, 1.82) is 0 Å². The van der Waals surface area contributed by atoms with E-state index in [-0.39, 0.29) is 10.5 Å². The molecule has 144 valence electrons. The number of hydrogen-bond donors (Lipinski definition) is 1. The average molecular weight is 401 g/mol. The third-order valence-corrected chi connectivity index (χ3v) is 4.93. The molecule has 0 spiro atoms. The highest BCUT2D eigenvalue weighted by Gasteiger charge is 2.41. The molecule has 0 bridgehead atoms. The SMILES string of the molecule is COC(=O)C(C)N1C(=O)S/C(=C/c2ccc(-c3cccc(C(=O)O)c3)o2)C1=O. The van der Waals surface area contributed by atoms with Gasteiger partial charge in [0, 0.05) is 11.6 Å². The van der Waals surface area contributed by atoms with Gasteiger partial charge in [-0.3, -0.25) is 14.5 Å². The van der Waals surface area contributed by atoms with E-state index >= 15 is 0 Å². The summed E-state index contributed by atoms with van der Waals surface area (Å²) in [6, 6.07) is 8.43. The van der Waals surface area contributed by atoms with E-state index in [1.165, 1.54) is 32.2 Å². The van der Waals surface area contributed by atoms with Crippen LogP contribution in [0.5, 0.6) is 0 Å². The van der Waals surface area contributed by atoms with Gasteiger partial charge < -0.3 is 14.3 Å². The molecule has 1 fully saturated rings. The van der Waals surface area contributed by atoms with Crippen molar-refractivity contribution in [3.05, 3.63) is 52.6 Å². The van der Waals surface area contributed by atoms with Crippen LogP contribution >= 0.6 is 11.8 Å². The Bertz CT molecular complexity index is 1010. The molecular formula is C19H15NO7S. The Morgan fingerprint density at radius 1 is 1.25 bits per heavy atom. The normalized spacial score (nSPS) is 16.5. The molecule has 28 heavy (non-hydrogen) atoms. The van der Waals surface area contributed by atoms with Crippen molar-refractivity contribution in [3.8, 4) is 11.3 Å². The van der Waals surface area contributed by atoms with Gasteiger partial charge in [0.25, 0.3) is 11.1 Å². The highest BCUT2D eigenvalue weighted by molar-refractivity contribution is 8.18. The van der Waals surface area contributed by atoms with Gasteiger partial charge >= 0.3 is 11.9 Å². The number of aromatic carboxylic acids is 1. The topological polar surface area (TPSA) is 114 Å². The largest absolute Gasteiger partial charge is 0.478 e. The number of benzene rings is 1. The maximum Gasteiger partial charge on any atom is 0.335 e. The third-order valence-electron chi connectivity index (χ3n) is 4.05. The summed E-state index contributed by atoms with van der Waals surface area (Å²) in [5.74, 6) is -1.63. The summed E-state index contributed by atoms with van der Waals surface area (Å²) in [7, 11) is 1.18. The van der Waals surface area contributed by atoms with Crippen LogP contribution in [0.1, 0.15) is 23.0 Å². The Morgan fingerprint density at radius 3 is 2.68 bits per heavy atom. The summed E-state index contributed by atoms with van der Waals surface area (Å²) >= 11 is 0.697. The number of hydrogen-bond acceptors (Lipinski definition) is 7. The number of ether oxygens (including phenoxy) is 1. The molecule has 1 aromatic heterocycles. The smallest absolute Gasteiger partial charge is 0.335 e. The predicted octanol–water partition coefficient (Wildman–Crippen LogP) is 3.24. The lowest BCUT2D eigenvalue weighted by Gasteiger charge is -2.18. The third kappa shape index (κ3) is 3.70. The monoisotopic (exact) mass is 401 g/mol. The van der Waals surface area contributed by atoms with Crippen molar-refractivity contribution in [2.24, 2.45) is 0 Å². The number of imide groups is 1. The maximum atomic E-state index is 12.5. The second kappa shape index (κ2) is 7.73. The molecule has 1 unspecified atom stereocenters. The molecule has 2 heterocycles. The molecule has 1 saturated heterocycles. The van der Waals surface area contributed by atoms with Gasteiger partial charge in [-0.15, -0.1) is 0 Å². The molecule has 3 rings (SSSR count). The van der Waals surface area contributed by atoms with Gasteiger partial charge in [0.05, 0.1) is 17.6 Å². The number of carboxylic acids is 1. The minimum Gasteiger partial charge on any atom is -0.478 e. The van der Waals surface area contributed by atoms with Crippen LogP contribution in [-0.4, -0.2) is 46.2 Å². The first kappa shape index (κ1) is 19.4. The van der Waals surface area contributed by atoms with Crippen LogP contribution in [0.4, 0.5) is 4.79 Å². The molecule has 1 aliphatic heterocycles. The molecule has 2 aromatic rings. The summed E-state index contributed by atoms with van der Waals surface area (Å²) in [6.45, 7) is 1.41. The number of amides is 2. The second-order valence-corrected chi connectivity index (χ2v) is 6.83. The van der Waals surface area contributed by atoms with Gasteiger partial charge in [-0.05, 0) is 43.0 Å². The number of esters is 1. The Labute approximate surface area is 163 Å². The Balaban J connectivity index is 1.85. The summed E-state index contributed by atoms with van der Waals surface area (Å²) < 4.78 is 10.2. The fourth-order valence-electron chi connectivity index (χ4n) is 2.61. The zero-order valence-electron chi connectivity index (χ0n) is 14.9. The standard InChI is InChI=1S/C19H15NO7S/c1-10(18(24)26-2)20-16(21)15(28-19(20)25)9-13-6-7-14(27-13)11-4-3-5-12(8-11)17(22)23/h3-10H,1-2H3,(H,22,23)/b15-9+. The fraction of sp³-hybridized carbons (Fsp3) is 0.158. The van der Waals surface area contributed by atoms with Gasteiger partial charge in [-0.1, -0.05) is 12.1 Å². The molecule has 1 aliphatic rings. The van der Waals surface area contributed by atoms with Crippen LogP contribution in [-0.2, 0) is 14.3 Å². The number of nitrogens with zero attached hydrogens (tertiary/aromatic N) is 1. The van der Waals surface area contributed by atoms with Gasteiger partial charge in [-0.25, -0.2) is 9.59 Å². The average Bonchev–Trinajstić information content (AvgIpc) is 3.25. The van der Waals surface area contributed by atoms with Crippen LogP contribution in [0.25, 0.3) is 17.4 Å². The zero-order chi connectivity index (χ0) is 20.4. The quantitative estimate of drug-likeness (QED) is 0.600. The zero-order valence-corrected chi connectivity index (χ0v) is 15.7. The van der Waals surface area contributed by atoms with Gasteiger partial charge in [0.1, 0.15) is 17.6 Å². The van der Waals surface area contributed by atoms with E-state index in [9.17, 15) is 19.2 Å². The number of rotatable bonds is 5. The number of carbonyl (C=O) groups excluding carboxylic acids is 3. The highest BCUT2D eigenvalue weighted by atomic mass is 32.2. The Morgan fingerprint density at radius 2 is 2.00 bits per heavy atom. The molecule has 0 radical (unpaired) electrons. The lowest BCUT2D eigenvalue weighted by atomic mass is 10.1. The summed E-state index contributed by atoms with van der Waals surface area (Å²) in [6.07, 6.45) is 1.40. The van der Waals surface area contributed by atoms with Crippen LogP contribution in [0, 0.1) is 0 Å². The number of carbonyl (C=O) groups is 4. The number of furan rings is 1.